The maximum atomic E-state index is 12.6. The number of ether oxygens (including phenoxy) is 1. The predicted molar refractivity (Wildman–Crippen MR) is 81.0 cm³/mol. The summed E-state index contributed by atoms with van der Waals surface area (Å²) in [5.74, 6) is 0.707. The van der Waals surface area contributed by atoms with Crippen molar-refractivity contribution in [3.8, 4) is 5.75 Å². The van der Waals surface area contributed by atoms with E-state index in [0.29, 0.717) is 38.3 Å². The summed E-state index contributed by atoms with van der Waals surface area (Å²) in [4.78, 5) is 0.282. The fourth-order valence-electron chi connectivity index (χ4n) is 2.46. The van der Waals surface area contributed by atoms with Gasteiger partial charge in [0, 0.05) is 13.1 Å². The monoisotopic (exact) mass is 313 g/mol. The number of benzene rings is 1. The van der Waals surface area contributed by atoms with Gasteiger partial charge in [-0.1, -0.05) is 0 Å². The van der Waals surface area contributed by atoms with Gasteiger partial charge in [-0.05, 0) is 57.4 Å². The molecule has 1 aliphatic rings. The predicted octanol–water partition coefficient (Wildman–Crippen LogP) is 1.93. The van der Waals surface area contributed by atoms with Gasteiger partial charge >= 0.3 is 0 Å². The van der Waals surface area contributed by atoms with Crippen LogP contribution >= 0.6 is 0 Å². The van der Waals surface area contributed by atoms with Crippen LogP contribution in [-0.2, 0) is 10.0 Å². The fraction of sp³-hybridized carbons (Fsp3) is 0.600. The van der Waals surface area contributed by atoms with Crippen molar-refractivity contribution in [3.63, 3.8) is 0 Å². The topological polar surface area (TPSA) is 66.8 Å². The highest BCUT2D eigenvalue weighted by atomic mass is 32.2. The zero-order chi connectivity index (χ0) is 15.7. The molecule has 1 saturated heterocycles. The number of aliphatic hydroxyl groups is 1. The van der Waals surface area contributed by atoms with Crippen LogP contribution in [0.3, 0.4) is 0 Å². The summed E-state index contributed by atoms with van der Waals surface area (Å²) in [7, 11) is -3.50. The Hall–Kier alpha value is -1.11. The molecule has 1 aromatic rings. The molecule has 0 spiro atoms. The Labute approximate surface area is 126 Å². The average Bonchev–Trinajstić information content (AvgIpc) is 2.40. The number of rotatable bonds is 4. The van der Waals surface area contributed by atoms with E-state index in [1.807, 2.05) is 13.8 Å². The third-order valence-electron chi connectivity index (χ3n) is 3.88. The maximum Gasteiger partial charge on any atom is 0.243 e. The molecule has 1 N–H and O–H groups in total. The van der Waals surface area contributed by atoms with Gasteiger partial charge in [-0.15, -0.1) is 0 Å². The van der Waals surface area contributed by atoms with Crippen molar-refractivity contribution in [3.05, 3.63) is 23.8 Å². The maximum absolute atomic E-state index is 12.6. The molecule has 118 valence electrons. The van der Waals surface area contributed by atoms with Crippen molar-refractivity contribution in [2.45, 2.75) is 44.1 Å². The van der Waals surface area contributed by atoms with Gasteiger partial charge < -0.3 is 9.84 Å². The van der Waals surface area contributed by atoms with E-state index >= 15 is 0 Å². The summed E-state index contributed by atoms with van der Waals surface area (Å²) >= 11 is 0. The molecule has 21 heavy (non-hydrogen) atoms. The van der Waals surface area contributed by atoms with E-state index in [2.05, 4.69) is 0 Å². The summed E-state index contributed by atoms with van der Waals surface area (Å²) in [6, 6.07) is 4.93. The molecule has 5 nitrogen and oxygen atoms in total. The lowest BCUT2D eigenvalue weighted by Crippen LogP contribution is -2.45. The summed E-state index contributed by atoms with van der Waals surface area (Å²) in [5, 5.41) is 9.93. The quantitative estimate of drug-likeness (QED) is 0.922. The molecule has 0 amide bonds. The summed E-state index contributed by atoms with van der Waals surface area (Å²) in [6.45, 7) is 6.73. The molecule has 2 rings (SSSR count). The van der Waals surface area contributed by atoms with Gasteiger partial charge in [-0.3, -0.25) is 0 Å². The van der Waals surface area contributed by atoms with Crippen LogP contribution in [0.2, 0.25) is 0 Å². The van der Waals surface area contributed by atoms with Gasteiger partial charge in [0.25, 0.3) is 0 Å². The summed E-state index contributed by atoms with van der Waals surface area (Å²) in [6.07, 6.45) is 0.921. The van der Waals surface area contributed by atoms with Gasteiger partial charge in [-0.25, -0.2) is 8.42 Å². The van der Waals surface area contributed by atoms with Crippen LogP contribution in [-0.4, -0.2) is 43.1 Å². The van der Waals surface area contributed by atoms with Crippen LogP contribution in [0.1, 0.15) is 32.3 Å². The van der Waals surface area contributed by atoms with E-state index in [0.717, 1.165) is 5.56 Å². The van der Waals surface area contributed by atoms with E-state index in [9.17, 15) is 13.5 Å². The first-order valence-electron chi connectivity index (χ1n) is 7.22. The van der Waals surface area contributed by atoms with Gasteiger partial charge in [0.1, 0.15) is 5.75 Å². The van der Waals surface area contributed by atoms with Crippen LogP contribution in [0, 0.1) is 6.92 Å². The van der Waals surface area contributed by atoms with Crippen LogP contribution in [0.5, 0.6) is 5.75 Å². The number of hydrogen-bond acceptors (Lipinski definition) is 4. The van der Waals surface area contributed by atoms with Crippen molar-refractivity contribution >= 4 is 10.0 Å². The molecule has 1 aromatic carbocycles. The second kappa shape index (κ2) is 5.94. The Morgan fingerprint density at radius 2 is 1.95 bits per heavy atom. The Morgan fingerprint density at radius 1 is 1.33 bits per heavy atom. The minimum atomic E-state index is -3.50. The molecule has 0 aromatic heterocycles. The van der Waals surface area contributed by atoms with Crippen molar-refractivity contribution in [2.24, 2.45) is 0 Å². The van der Waals surface area contributed by atoms with E-state index in [1.165, 1.54) is 4.31 Å². The molecule has 1 aliphatic heterocycles. The zero-order valence-electron chi connectivity index (χ0n) is 12.8. The lowest BCUT2D eigenvalue weighted by Gasteiger charge is -2.35. The van der Waals surface area contributed by atoms with Crippen molar-refractivity contribution in [1.82, 2.24) is 4.31 Å². The molecule has 6 heteroatoms. The average molecular weight is 313 g/mol. The first kappa shape index (κ1) is 16.3. The Kier molecular flexibility index (Phi) is 4.60. The van der Waals surface area contributed by atoms with E-state index < -0.39 is 15.6 Å². The molecule has 1 fully saturated rings. The van der Waals surface area contributed by atoms with Gasteiger partial charge in [0.15, 0.2) is 0 Å². The van der Waals surface area contributed by atoms with Gasteiger partial charge in [0.05, 0.1) is 17.1 Å². The molecule has 1 heterocycles. The third-order valence-corrected chi connectivity index (χ3v) is 5.78. The molecular weight excluding hydrogens is 290 g/mol. The first-order valence-corrected chi connectivity index (χ1v) is 8.66. The number of nitrogens with zero attached hydrogens (tertiary/aromatic N) is 1. The normalized spacial score (nSPS) is 19.4. The Bertz CT molecular complexity index is 600. The smallest absolute Gasteiger partial charge is 0.243 e. The largest absolute Gasteiger partial charge is 0.494 e. The number of piperidine rings is 1. The van der Waals surface area contributed by atoms with Crippen molar-refractivity contribution in [1.29, 1.82) is 0 Å². The highest BCUT2D eigenvalue weighted by molar-refractivity contribution is 7.89. The molecular formula is C15H23NO4S. The summed E-state index contributed by atoms with van der Waals surface area (Å²) in [5.41, 5.74) is 0.0442. The van der Waals surface area contributed by atoms with E-state index in [-0.39, 0.29) is 4.90 Å². The molecule has 0 saturated carbocycles. The first-order chi connectivity index (χ1) is 9.76. The lowest BCUT2D eigenvalue weighted by molar-refractivity contribution is 0.0126. The van der Waals surface area contributed by atoms with Crippen LogP contribution in [0.4, 0.5) is 0 Å². The molecule has 0 bridgehead atoms. The Morgan fingerprint density at radius 3 is 2.48 bits per heavy atom. The highest BCUT2D eigenvalue weighted by Gasteiger charge is 2.34. The lowest BCUT2D eigenvalue weighted by atomic mass is 9.95. The minimum Gasteiger partial charge on any atom is -0.494 e. The molecule has 0 aliphatic carbocycles. The second-order valence-corrected chi connectivity index (χ2v) is 7.70. The number of aryl methyl sites for hydroxylation is 1. The van der Waals surface area contributed by atoms with Crippen LogP contribution in [0.25, 0.3) is 0 Å². The van der Waals surface area contributed by atoms with Crippen molar-refractivity contribution < 1.29 is 18.3 Å². The zero-order valence-corrected chi connectivity index (χ0v) is 13.6. The fourth-order valence-corrected chi connectivity index (χ4v) is 3.98. The minimum absolute atomic E-state index is 0.282. The summed E-state index contributed by atoms with van der Waals surface area (Å²) < 4.78 is 32.1. The van der Waals surface area contributed by atoms with Gasteiger partial charge in [-0.2, -0.15) is 4.31 Å². The SMILES string of the molecule is CCOc1ccc(S(=O)(=O)N2CCC(C)(O)CC2)cc1C. The van der Waals surface area contributed by atoms with E-state index in [4.69, 9.17) is 4.74 Å². The van der Waals surface area contributed by atoms with Gasteiger partial charge in [0.2, 0.25) is 10.0 Å². The number of sulfonamides is 1. The van der Waals surface area contributed by atoms with Crippen molar-refractivity contribution in [2.75, 3.05) is 19.7 Å². The van der Waals surface area contributed by atoms with E-state index in [1.54, 1.807) is 25.1 Å². The standard InChI is InChI=1S/C15H23NO4S/c1-4-20-14-6-5-13(11-12(14)2)21(18,19)16-9-7-15(3,17)8-10-16/h5-6,11,17H,4,7-10H2,1-3H3. The second-order valence-electron chi connectivity index (χ2n) is 5.76. The molecule has 0 atom stereocenters. The third kappa shape index (κ3) is 3.56. The molecule has 0 radical (unpaired) electrons. The van der Waals surface area contributed by atoms with Crippen LogP contribution in [0.15, 0.2) is 23.1 Å². The number of hydrogen-bond donors (Lipinski definition) is 1. The highest BCUT2D eigenvalue weighted by Crippen LogP contribution is 2.28. The molecule has 0 unspecified atom stereocenters. The van der Waals surface area contributed by atoms with Crippen LogP contribution < -0.4 is 4.74 Å². The Balaban J connectivity index is 2.22.